The van der Waals surface area contributed by atoms with Crippen molar-refractivity contribution in [2.75, 3.05) is 32.0 Å². The molecular weight excluding hydrogens is 1190 g/mol. The molecule has 0 radical (unpaired) electrons. The number of amides is 8. The molecule has 0 saturated carbocycles. The number of hydrogen-bond donors (Lipinski definition) is 16. The summed E-state index contributed by atoms with van der Waals surface area (Å²) in [5.41, 5.74) is 6.61. The van der Waals surface area contributed by atoms with Crippen LogP contribution >= 0.6 is 11.8 Å². The number of nitrogens with one attached hydrogen (secondary N) is 8. The molecule has 31 heteroatoms. The van der Waals surface area contributed by atoms with Crippen LogP contribution in [0.1, 0.15) is 96.1 Å². The predicted octanol–water partition coefficient (Wildman–Crippen LogP) is -4.05. The normalized spacial score (nSPS) is 20.6. The number of carbonyl (C=O) groups is 12. The number of nitrogens with two attached hydrogens (primary N) is 1. The highest BCUT2D eigenvalue weighted by atomic mass is 32.2. The number of carbonyl (C=O) groups excluding carboxylic acids is 10. The summed E-state index contributed by atoms with van der Waals surface area (Å²) >= 11 is 0.894. The molecule has 30 nitrogen and oxygen atoms in total. The monoisotopic (exact) mass is 1270 g/mol. The van der Waals surface area contributed by atoms with Gasteiger partial charge in [0.1, 0.15) is 60.9 Å². The molecular formula is C58H84N10O20S. The van der Waals surface area contributed by atoms with Crippen LogP contribution in [0.5, 0.6) is 0 Å². The van der Waals surface area contributed by atoms with E-state index in [9.17, 15) is 93.3 Å². The quantitative estimate of drug-likeness (QED) is 0.0172. The predicted molar refractivity (Wildman–Crippen MR) is 317 cm³/mol. The van der Waals surface area contributed by atoms with E-state index in [-0.39, 0.29) is 69.8 Å². The van der Waals surface area contributed by atoms with Gasteiger partial charge in [0.25, 0.3) is 0 Å². The Morgan fingerprint density at radius 2 is 1.27 bits per heavy atom. The summed E-state index contributed by atoms with van der Waals surface area (Å²) in [6.07, 6.45) is -13.8. The Labute approximate surface area is 517 Å². The summed E-state index contributed by atoms with van der Waals surface area (Å²) in [4.78, 5) is 163. The van der Waals surface area contributed by atoms with Gasteiger partial charge in [0.2, 0.25) is 47.3 Å². The molecule has 2 heterocycles. The zero-order chi connectivity index (χ0) is 65.9. The number of carboxylic acids is 2. The second kappa shape index (κ2) is 37.6. The van der Waals surface area contributed by atoms with E-state index >= 15 is 0 Å². The van der Waals surface area contributed by atoms with E-state index in [0.29, 0.717) is 24.0 Å². The lowest BCUT2D eigenvalue weighted by Crippen LogP contribution is -2.65. The van der Waals surface area contributed by atoms with Crippen molar-refractivity contribution in [3.05, 3.63) is 71.8 Å². The number of thioether (sulfide) groups is 1. The third-order valence-corrected chi connectivity index (χ3v) is 15.6. The standard InChI is InChI=1S/C58H84N10O20S/c1-31(2)24-41(73)56(85)62-35(19-20-45(75)76)52(81)64-37(27-46(77)78)54(83)66-50(39(71)18-10-11-21-59)65-51(40(72)26-34-16-8-5-9-17-34)67-53(82)36(25-33-14-6-4-7-15-33)63-55(84)38(61-32(3)70)30-89-43-28-44(74)68(57(43)86)23-13-12-22-60-47-49(80)48(79)42(29-69)88-58(47)87/h4-9,14-17,31,35-38,41-43,47-51,58,60,65,69,73,79-80,87H,10-13,18-30,59H2,1-3H3,(H,61,70)(H,62,85)(H,63,84)(H,64,81)(H,66,83)(H,67,82)(H,75,76)(H,77,78)/t35?,36?,37?,38?,41?,42-,43?,47-,48-,49-,50?,51?,58?/m1/s1. The molecule has 2 aliphatic heterocycles. The SMILES string of the molecule is CC(=O)NC(CSC1CC(=O)N(CCCCN[C@H]2C(O)O[C@H](CO)[C@@H](O)[C@@H]2O)C1=O)C(=O)NC(Cc1ccccc1)C(=O)NC(NC(NC(=O)C(CC(=O)O)NC(=O)C(CCC(=O)O)NC(=O)C(O)CC(C)C)C(=O)CCCCN)C(=O)Cc1ccccc1. The van der Waals surface area contributed by atoms with Gasteiger partial charge in [0.05, 0.1) is 24.3 Å². The van der Waals surface area contributed by atoms with Crippen molar-refractivity contribution in [1.82, 2.24) is 47.4 Å². The fraction of sp³-hybridized carbons (Fsp3) is 0.586. The molecule has 0 aromatic heterocycles. The first-order chi connectivity index (χ1) is 42.2. The smallest absolute Gasteiger partial charge is 0.305 e. The minimum absolute atomic E-state index is 0.0155. The molecule has 4 rings (SSSR count). The lowest BCUT2D eigenvalue weighted by molar-refractivity contribution is -0.254. The Kier molecular flexibility index (Phi) is 31.3. The third kappa shape index (κ3) is 24.9. The van der Waals surface area contributed by atoms with Crippen molar-refractivity contribution in [2.45, 2.75) is 176 Å². The molecule has 2 saturated heterocycles. The van der Waals surface area contributed by atoms with E-state index in [1.54, 1.807) is 74.5 Å². The fourth-order valence-corrected chi connectivity index (χ4v) is 10.7. The molecule has 0 aliphatic carbocycles. The van der Waals surface area contributed by atoms with Crippen LogP contribution in [0.2, 0.25) is 0 Å². The number of nitrogens with zero attached hydrogens (tertiary/aromatic N) is 1. The number of aliphatic carboxylic acids is 2. The molecule has 2 fully saturated rings. The Morgan fingerprint density at radius 3 is 1.87 bits per heavy atom. The van der Waals surface area contributed by atoms with Crippen molar-refractivity contribution in [1.29, 1.82) is 0 Å². The van der Waals surface area contributed by atoms with E-state index in [1.807, 2.05) is 0 Å². The van der Waals surface area contributed by atoms with Gasteiger partial charge >= 0.3 is 11.9 Å². The van der Waals surface area contributed by atoms with E-state index in [2.05, 4.69) is 42.5 Å². The number of ether oxygens (including phenoxy) is 1. The Morgan fingerprint density at radius 1 is 0.685 bits per heavy atom. The van der Waals surface area contributed by atoms with E-state index in [0.717, 1.165) is 23.6 Å². The van der Waals surface area contributed by atoms with Crippen LogP contribution in [0.4, 0.5) is 0 Å². The zero-order valence-corrected chi connectivity index (χ0v) is 50.6. The van der Waals surface area contributed by atoms with E-state index in [1.165, 1.54) is 0 Å². The number of rotatable bonds is 40. The van der Waals surface area contributed by atoms with Crippen molar-refractivity contribution >= 4 is 82.5 Å². The van der Waals surface area contributed by atoms with Gasteiger partial charge < -0.3 is 83.4 Å². The van der Waals surface area contributed by atoms with Crippen LogP contribution in [0, 0.1) is 5.92 Å². The minimum atomic E-state index is -2.04. The molecule has 2 aromatic rings. The van der Waals surface area contributed by atoms with Gasteiger partial charge in [-0.05, 0) is 68.7 Å². The second-order valence-electron chi connectivity index (χ2n) is 22.0. The Balaban J connectivity index is 1.59. The van der Waals surface area contributed by atoms with Crippen LogP contribution in [-0.2, 0) is 75.1 Å². The highest BCUT2D eigenvalue weighted by molar-refractivity contribution is 8.00. The van der Waals surface area contributed by atoms with Crippen LogP contribution in [-0.4, -0.2) is 222 Å². The van der Waals surface area contributed by atoms with Crippen LogP contribution in [0.3, 0.4) is 0 Å². The molecule has 89 heavy (non-hydrogen) atoms. The number of hydrogen-bond acceptors (Lipinski definition) is 22. The number of benzene rings is 2. The summed E-state index contributed by atoms with van der Waals surface area (Å²) in [5.74, 6) is -12.5. The Hall–Kier alpha value is -7.33. The number of aliphatic hydroxyl groups excluding tert-OH is 5. The van der Waals surface area contributed by atoms with Gasteiger partial charge in [-0.25, -0.2) is 0 Å². The second-order valence-corrected chi connectivity index (χ2v) is 23.3. The molecule has 2 aliphatic rings. The summed E-state index contributed by atoms with van der Waals surface area (Å²) in [5, 5.41) is 88.9. The van der Waals surface area contributed by atoms with Gasteiger partial charge in [-0.15, -0.1) is 11.8 Å². The van der Waals surface area contributed by atoms with Crippen LogP contribution in [0.25, 0.3) is 0 Å². The number of Topliss-reactive ketones (excluding diaryl/α,β-unsaturated/α-hetero) is 2. The highest BCUT2D eigenvalue weighted by Crippen LogP contribution is 2.27. The van der Waals surface area contributed by atoms with E-state index in [4.69, 9.17) is 10.5 Å². The number of imide groups is 1. The average Bonchev–Trinajstić information content (AvgIpc) is 2.84. The molecule has 492 valence electrons. The molecule has 17 N–H and O–H groups in total. The zero-order valence-electron chi connectivity index (χ0n) is 49.7. The maximum Gasteiger partial charge on any atom is 0.305 e. The van der Waals surface area contributed by atoms with Crippen molar-refractivity contribution in [3.8, 4) is 0 Å². The number of likely N-dealkylation sites (tertiary alicyclic amines) is 1. The minimum Gasteiger partial charge on any atom is -0.481 e. The molecule has 13 atom stereocenters. The summed E-state index contributed by atoms with van der Waals surface area (Å²) in [6.45, 7) is 4.18. The van der Waals surface area contributed by atoms with Gasteiger partial charge in [-0.3, -0.25) is 67.8 Å². The molecule has 9 unspecified atom stereocenters. The van der Waals surface area contributed by atoms with Gasteiger partial charge in [-0.1, -0.05) is 74.5 Å². The van der Waals surface area contributed by atoms with Crippen LogP contribution < -0.4 is 48.3 Å². The molecule has 0 spiro atoms. The average molecular weight is 1270 g/mol. The first kappa shape index (κ1) is 74.1. The van der Waals surface area contributed by atoms with Gasteiger partial charge in [0, 0.05) is 51.3 Å². The maximum absolute atomic E-state index is 14.8. The highest BCUT2D eigenvalue weighted by Gasteiger charge is 2.44. The van der Waals surface area contributed by atoms with Crippen LogP contribution in [0.15, 0.2) is 60.7 Å². The third-order valence-electron chi connectivity index (χ3n) is 14.3. The van der Waals surface area contributed by atoms with Crippen molar-refractivity contribution in [2.24, 2.45) is 11.7 Å². The molecule has 0 bridgehead atoms. The first-order valence-corrected chi connectivity index (χ1v) is 30.3. The summed E-state index contributed by atoms with van der Waals surface area (Å²) < 4.78 is 5.15. The number of aliphatic hydroxyl groups is 5. The lowest BCUT2D eigenvalue weighted by atomic mass is 9.97. The van der Waals surface area contributed by atoms with Gasteiger partial charge in [0.15, 0.2) is 17.9 Å². The topological polar surface area (TPSA) is 481 Å². The number of unbranched alkanes of at least 4 members (excludes halogenated alkanes) is 2. The Bertz CT molecular complexity index is 2730. The largest absolute Gasteiger partial charge is 0.481 e. The van der Waals surface area contributed by atoms with Gasteiger partial charge in [-0.2, -0.15) is 0 Å². The molecule has 2 aromatic carbocycles. The van der Waals surface area contributed by atoms with E-state index < -0.39 is 182 Å². The fourth-order valence-electron chi connectivity index (χ4n) is 9.56. The number of ketones is 2. The maximum atomic E-state index is 14.8. The van der Waals surface area contributed by atoms with Crippen molar-refractivity contribution in [3.63, 3.8) is 0 Å². The van der Waals surface area contributed by atoms with Crippen molar-refractivity contribution < 1.29 is 98.0 Å². The lowest BCUT2D eigenvalue weighted by Gasteiger charge is -2.40. The number of carboxylic acid groups (broad SMARTS) is 2. The summed E-state index contributed by atoms with van der Waals surface area (Å²) in [6, 6.07) is 8.48. The first-order valence-electron chi connectivity index (χ1n) is 29.2. The molecule has 8 amide bonds. The summed E-state index contributed by atoms with van der Waals surface area (Å²) in [7, 11) is 0.